The number of hydrogen-bond donors (Lipinski definition) is 1. The van der Waals surface area contributed by atoms with Crippen LogP contribution in [-0.4, -0.2) is 44.2 Å². The van der Waals surface area contributed by atoms with E-state index in [1.807, 2.05) is 13.1 Å². The van der Waals surface area contributed by atoms with Gasteiger partial charge < -0.3 is 15.0 Å². The summed E-state index contributed by atoms with van der Waals surface area (Å²) in [7, 11) is 2.00. The van der Waals surface area contributed by atoms with Gasteiger partial charge in [-0.05, 0) is 57.8 Å². The number of nitrogens with one attached hydrogen (secondary N) is 1. The Bertz CT molecular complexity index is 439. The normalized spacial score (nSPS) is 16.0. The topological polar surface area (TPSA) is 54.5 Å². The fourth-order valence-corrected chi connectivity index (χ4v) is 2.71. The van der Waals surface area contributed by atoms with E-state index >= 15 is 0 Å². The Morgan fingerprint density at radius 2 is 2.19 bits per heavy atom. The first-order valence-electron chi connectivity index (χ1n) is 7.77. The van der Waals surface area contributed by atoms with E-state index in [9.17, 15) is 4.79 Å². The number of piperidine rings is 1. The lowest BCUT2D eigenvalue weighted by Crippen LogP contribution is -2.35. The summed E-state index contributed by atoms with van der Waals surface area (Å²) in [6, 6.07) is 3.72. The van der Waals surface area contributed by atoms with E-state index in [4.69, 9.17) is 4.74 Å². The molecular weight excluding hydrogens is 266 g/mol. The number of aromatic nitrogens is 1. The highest BCUT2D eigenvalue weighted by Gasteiger charge is 2.20. The Hall–Kier alpha value is -1.62. The van der Waals surface area contributed by atoms with E-state index in [1.54, 1.807) is 19.2 Å². The SMILES string of the molecule is CCOC(=O)c1ccc(N2CCC(CCNC)CC2)nc1. The molecule has 21 heavy (non-hydrogen) atoms. The van der Waals surface area contributed by atoms with Crippen LogP contribution in [0, 0.1) is 5.92 Å². The molecule has 2 rings (SSSR count). The lowest BCUT2D eigenvalue weighted by atomic mass is 9.93. The molecule has 1 saturated heterocycles. The molecule has 5 heteroatoms. The van der Waals surface area contributed by atoms with Crippen LogP contribution in [0.2, 0.25) is 0 Å². The standard InChI is InChI=1S/C16H25N3O2/c1-3-21-16(20)14-4-5-15(18-12-14)19-10-7-13(8-11-19)6-9-17-2/h4-5,12-13,17H,3,6-11H2,1-2H3. The zero-order valence-electron chi connectivity index (χ0n) is 13.0. The van der Waals surface area contributed by atoms with Crippen molar-refractivity contribution in [2.75, 3.05) is 38.2 Å². The molecule has 0 radical (unpaired) electrons. The smallest absolute Gasteiger partial charge is 0.339 e. The molecule has 1 aliphatic heterocycles. The Labute approximate surface area is 126 Å². The largest absolute Gasteiger partial charge is 0.462 e. The average Bonchev–Trinajstić information content (AvgIpc) is 2.54. The van der Waals surface area contributed by atoms with E-state index in [2.05, 4.69) is 15.2 Å². The van der Waals surface area contributed by atoms with Crippen LogP contribution in [0.1, 0.15) is 36.5 Å². The maximum absolute atomic E-state index is 11.6. The number of rotatable bonds is 6. The van der Waals surface area contributed by atoms with Crippen molar-refractivity contribution in [2.24, 2.45) is 5.92 Å². The number of anilines is 1. The minimum Gasteiger partial charge on any atom is -0.462 e. The molecule has 1 aromatic heterocycles. The first-order valence-corrected chi connectivity index (χ1v) is 7.77. The lowest BCUT2D eigenvalue weighted by molar-refractivity contribution is 0.0526. The van der Waals surface area contributed by atoms with Crippen molar-refractivity contribution >= 4 is 11.8 Å². The van der Waals surface area contributed by atoms with Crippen molar-refractivity contribution in [1.29, 1.82) is 0 Å². The van der Waals surface area contributed by atoms with Gasteiger partial charge in [0.05, 0.1) is 12.2 Å². The molecule has 0 spiro atoms. The third kappa shape index (κ3) is 4.43. The van der Waals surface area contributed by atoms with E-state index in [0.29, 0.717) is 12.2 Å². The monoisotopic (exact) mass is 291 g/mol. The van der Waals surface area contributed by atoms with Crippen LogP contribution >= 0.6 is 0 Å². The number of pyridine rings is 1. The summed E-state index contributed by atoms with van der Waals surface area (Å²) in [5.41, 5.74) is 0.518. The van der Waals surface area contributed by atoms with Gasteiger partial charge in [0.15, 0.2) is 0 Å². The zero-order chi connectivity index (χ0) is 15.1. The number of esters is 1. The summed E-state index contributed by atoms with van der Waals surface area (Å²) in [6.45, 7) is 5.37. The predicted molar refractivity (Wildman–Crippen MR) is 83.7 cm³/mol. The van der Waals surface area contributed by atoms with Gasteiger partial charge >= 0.3 is 5.97 Å². The van der Waals surface area contributed by atoms with Crippen molar-refractivity contribution in [2.45, 2.75) is 26.2 Å². The predicted octanol–water partition coefficient (Wildman–Crippen LogP) is 2.08. The van der Waals surface area contributed by atoms with E-state index in [0.717, 1.165) is 31.4 Å². The van der Waals surface area contributed by atoms with Gasteiger partial charge in [-0.25, -0.2) is 9.78 Å². The molecule has 116 valence electrons. The van der Waals surface area contributed by atoms with E-state index < -0.39 is 0 Å². The molecular formula is C16H25N3O2. The van der Waals surface area contributed by atoms with Crippen LogP contribution in [0.15, 0.2) is 18.3 Å². The molecule has 0 aliphatic carbocycles. The summed E-state index contributed by atoms with van der Waals surface area (Å²) >= 11 is 0. The quantitative estimate of drug-likeness (QED) is 0.813. The highest BCUT2D eigenvalue weighted by molar-refractivity contribution is 5.89. The molecule has 2 heterocycles. The van der Waals surface area contributed by atoms with E-state index in [1.165, 1.54) is 19.3 Å². The van der Waals surface area contributed by atoms with Gasteiger partial charge in [0.2, 0.25) is 0 Å². The molecule has 1 fully saturated rings. The second-order valence-corrected chi connectivity index (χ2v) is 5.45. The van der Waals surface area contributed by atoms with Gasteiger partial charge in [-0.1, -0.05) is 0 Å². The molecule has 5 nitrogen and oxygen atoms in total. The molecule has 1 aliphatic rings. The Kier molecular flexibility index (Phi) is 5.99. The Balaban J connectivity index is 1.87. The molecule has 1 aromatic rings. The average molecular weight is 291 g/mol. The lowest BCUT2D eigenvalue weighted by Gasteiger charge is -2.32. The van der Waals surface area contributed by atoms with Gasteiger partial charge in [-0.3, -0.25) is 0 Å². The molecule has 0 amide bonds. The minimum atomic E-state index is -0.303. The fraction of sp³-hybridized carbons (Fsp3) is 0.625. The van der Waals surface area contributed by atoms with Crippen molar-refractivity contribution in [3.8, 4) is 0 Å². The molecule has 1 N–H and O–H groups in total. The molecule has 0 saturated carbocycles. The van der Waals surface area contributed by atoms with Crippen LogP contribution in [-0.2, 0) is 4.74 Å². The van der Waals surface area contributed by atoms with Gasteiger partial charge in [0.25, 0.3) is 0 Å². The number of carbonyl (C=O) groups excluding carboxylic acids is 1. The summed E-state index contributed by atoms with van der Waals surface area (Å²) in [5.74, 6) is 1.46. The fourth-order valence-electron chi connectivity index (χ4n) is 2.71. The summed E-state index contributed by atoms with van der Waals surface area (Å²) < 4.78 is 4.97. The van der Waals surface area contributed by atoms with Gasteiger partial charge in [-0.2, -0.15) is 0 Å². The van der Waals surface area contributed by atoms with Gasteiger partial charge in [0.1, 0.15) is 5.82 Å². The van der Waals surface area contributed by atoms with Crippen LogP contribution in [0.5, 0.6) is 0 Å². The summed E-state index contributed by atoms with van der Waals surface area (Å²) in [5, 5.41) is 3.22. The first-order chi connectivity index (χ1) is 10.2. The summed E-state index contributed by atoms with van der Waals surface area (Å²) in [4.78, 5) is 18.3. The molecule has 0 atom stereocenters. The second-order valence-electron chi connectivity index (χ2n) is 5.45. The van der Waals surface area contributed by atoms with Crippen LogP contribution in [0.4, 0.5) is 5.82 Å². The van der Waals surface area contributed by atoms with Gasteiger partial charge in [-0.15, -0.1) is 0 Å². The number of nitrogens with zero attached hydrogens (tertiary/aromatic N) is 2. The first kappa shape index (κ1) is 15.8. The maximum atomic E-state index is 11.6. The minimum absolute atomic E-state index is 0.303. The number of ether oxygens (including phenoxy) is 1. The number of carbonyl (C=O) groups is 1. The zero-order valence-corrected chi connectivity index (χ0v) is 13.0. The Morgan fingerprint density at radius 1 is 1.43 bits per heavy atom. The van der Waals surface area contributed by atoms with Crippen molar-refractivity contribution in [3.63, 3.8) is 0 Å². The van der Waals surface area contributed by atoms with Crippen molar-refractivity contribution < 1.29 is 9.53 Å². The van der Waals surface area contributed by atoms with Crippen molar-refractivity contribution in [3.05, 3.63) is 23.9 Å². The van der Waals surface area contributed by atoms with E-state index in [-0.39, 0.29) is 5.97 Å². The molecule has 0 aromatic carbocycles. The Morgan fingerprint density at radius 3 is 2.76 bits per heavy atom. The third-order valence-electron chi connectivity index (χ3n) is 4.00. The van der Waals surface area contributed by atoms with Crippen molar-refractivity contribution in [1.82, 2.24) is 10.3 Å². The van der Waals surface area contributed by atoms with Gasteiger partial charge in [0, 0.05) is 19.3 Å². The van der Waals surface area contributed by atoms with Crippen LogP contribution in [0.3, 0.4) is 0 Å². The maximum Gasteiger partial charge on any atom is 0.339 e. The highest BCUT2D eigenvalue weighted by atomic mass is 16.5. The van der Waals surface area contributed by atoms with Crippen LogP contribution in [0.25, 0.3) is 0 Å². The molecule has 0 unspecified atom stereocenters. The number of hydrogen-bond acceptors (Lipinski definition) is 5. The second kappa shape index (κ2) is 7.98. The summed E-state index contributed by atoms with van der Waals surface area (Å²) in [6.07, 6.45) is 5.28. The third-order valence-corrected chi connectivity index (χ3v) is 4.00. The highest BCUT2D eigenvalue weighted by Crippen LogP contribution is 2.23. The molecule has 0 bridgehead atoms. The van der Waals surface area contributed by atoms with Crippen LogP contribution < -0.4 is 10.2 Å².